The van der Waals surface area contributed by atoms with Crippen molar-refractivity contribution in [2.24, 2.45) is 45.3 Å². The van der Waals surface area contributed by atoms with E-state index in [0.29, 0.717) is 18.3 Å². The van der Waals surface area contributed by atoms with Gasteiger partial charge < -0.3 is 44.8 Å². The molecule has 15 atom stereocenters. The molecule has 9 heteroatoms. The minimum Gasteiger partial charge on any atom is -0.394 e. The van der Waals surface area contributed by atoms with Crippen LogP contribution in [0.15, 0.2) is 24.3 Å². The van der Waals surface area contributed by atoms with Gasteiger partial charge in [0.05, 0.1) is 18.3 Å². The van der Waals surface area contributed by atoms with Crippen LogP contribution in [-0.2, 0) is 14.2 Å². The van der Waals surface area contributed by atoms with E-state index in [1.165, 1.54) is 0 Å². The molecule has 7 unspecified atom stereocenters. The quantitative estimate of drug-likeness (QED) is 0.232. The summed E-state index contributed by atoms with van der Waals surface area (Å²) in [6.45, 7) is 14.6. The summed E-state index contributed by atoms with van der Waals surface area (Å²) >= 11 is 0. The topological polar surface area (TPSA) is 149 Å². The first-order valence-corrected chi connectivity index (χ1v) is 17.3. The molecule has 0 radical (unpaired) electrons. The van der Waals surface area contributed by atoms with Gasteiger partial charge in [0.15, 0.2) is 12.6 Å². The van der Waals surface area contributed by atoms with Crippen LogP contribution in [-0.4, -0.2) is 91.5 Å². The van der Waals surface area contributed by atoms with E-state index < -0.39 is 71.7 Å². The fourth-order valence-electron chi connectivity index (χ4n) is 11.5. The molecule has 3 saturated carbocycles. The molecule has 4 aliphatic carbocycles. The van der Waals surface area contributed by atoms with Crippen LogP contribution in [0.25, 0.3) is 0 Å². The highest BCUT2D eigenvalue weighted by atomic mass is 16.7. The van der Waals surface area contributed by atoms with E-state index in [-0.39, 0.29) is 22.7 Å². The Morgan fingerprint density at radius 2 is 1.67 bits per heavy atom. The lowest BCUT2D eigenvalue weighted by atomic mass is 9.38. The van der Waals surface area contributed by atoms with E-state index in [9.17, 15) is 30.6 Å². The van der Waals surface area contributed by atoms with Crippen molar-refractivity contribution in [3.63, 3.8) is 0 Å². The van der Waals surface area contributed by atoms with Gasteiger partial charge in [-0.1, -0.05) is 58.9 Å². The number of hydrogen-bond donors (Lipinski definition) is 6. The minimum absolute atomic E-state index is 0.00466. The number of hydrogen-bond acceptors (Lipinski definition) is 9. The Morgan fingerprint density at radius 1 is 0.956 bits per heavy atom. The summed E-state index contributed by atoms with van der Waals surface area (Å²) in [7, 11) is 0. The molecule has 0 amide bonds. The molecule has 0 aromatic rings. The molecule has 1 spiro atoms. The summed E-state index contributed by atoms with van der Waals surface area (Å²) in [5.41, 5.74) is -2.52. The highest BCUT2D eigenvalue weighted by Gasteiger charge is 2.78. The van der Waals surface area contributed by atoms with Crippen molar-refractivity contribution in [3.8, 4) is 0 Å². The van der Waals surface area contributed by atoms with Crippen molar-refractivity contribution in [1.29, 1.82) is 0 Å². The van der Waals surface area contributed by atoms with Crippen molar-refractivity contribution >= 4 is 0 Å². The molecule has 2 saturated heterocycles. The van der Waals surface area contributed by atoms with Crippen LogP contribution in [0, 0.1) is 45.3 Å². The number of rotatable bonds is 7. The van der Waals surface area contributed by atoms with E-state index in [0.717, 1.165) is 38.5 Å². The van der Waals surface area contributed by atoms with Crippen LogP contribution in [0.1, 0.15) is 93.4 Å². The van der Waals surface area contributed by atoms with Gasteiger partial charge in [0.2, 0.25) is 0 Å². The number of ether oxygens (including phenoxy) is 3. The molecule has 0 aromatic heterocycles. The van der Waals surface area contributed by atoms with Gasteiger partial charge in [-0.15, -0.1) is 0 Å². The van der Waals surface area contributed by atoms with Crippen LogP contribution >= 0.6 is 0 Å². The van der Waals surface area contributed by atoms with E-state index >= 15 is 0 Å². The first kappa shape index (κ1) is 34.0. The molecule has 45 heavy (non-hydrogen) atoms. The monoisotopic (exact) mass is 634 g/mol. The highest BCUT2D eigenvalue weighted by Crippen LogP contribution is 2.78. The molecule has 6 rings (SSSR count). The maximum atomic E-state index is 12.0. The van der Waals surface area contributed by atoms with Crippen LogP contribution in [0.5, 0.6) is 0 Å². The first-order valence-electron chi connectivity index (χ1n) is 17.3. The lowest BCUT2D eigenvalue weighted by Gasteiger charge is -2.65. The average molecular weight is 635 g/mol. The number of aliphatic hydroxyl groups is 6. The molecular weight excluding hydrogens is 576 g/mol. The predicted molar refractivity (Wildman–Crippen MR) is 167 cm³/mol. The highest BCUT2D eigenvalue weighted by molar-refractivity contribution is 5.34. The zero-order chi connectivity index (χ0) is 33.0. The molecule has 6 N–H and O–H groups in total. The lowest BCUT2D eigenvalue weighted by molar-refractivity contribution is -0.330. The average Bonchev–Trinajstić information content (AvgIpc) is 3.32. The smallest absolute Gasteiger partial charge is 0.186 e. The number of allylic oxidation sites excluding steroid dienone is 2. The van der Waals surface area contributed by atoms with Crippen molar-refractivity contribution in [1.82, 2.24) is 0 Å². The Bertz CT molecular complexity index is 1180. The fourth-order valence-corrected chi connectivity index (χ4v) is 11.5. The third-order valence-corrected chi connectivity index (χ3v) is 14.3. The van der Waals surface area contributed by atoms with Gasteiger partial charge in [-0.25, -0.2) is 0 Å². The third kappa shape index (κ3) is 4.66. The standard InChI is InChI=1S/C36H58O9/c1-20(9-8-14-31(2,3)42)21-12-15-34(7)23-13-16-36-24(35(23,30(41)45-36)18-17-33(21,34)6)10-11-25(32(36,4)5)44-29-28(40)27(39)26(38)22(19-37)43-29/h8,13-14,16,20-30,37-42H,9-12,15,17-19H2,1-7H3/b14-8+/t20-,21?,22-,23?,24?,25+,26-,27-,28-,29?,30?,33-,34+,35?,36?/m1/s1. The molecule has 5 fully saturated rings. The van der Waals surface area contributed by atoms with Gasteiger partial charge in [0, 0.05) is 16.7 Å². The Hall–Kier alpha value is -0.880. The van der Waals surface area contributed by atoms with Gasteiger partial charge >= 0.3 is 0 Å². The molecule has 0 aromatic carbocycles. The second-order valence-electron chi connectivity index (χ2n) is 17.1. The van der Waals surface area contributed by atoms with Crippen molar-refractivity contribution in [2.45, 2.75) is 148 Å². The van der Waals surface area contributed by atoms with E-state index in [1.807, 2.05) is 19.9 Å². The Morgan fingerprint density at radius 3 is 2.33 bits per heavy atom. The Kier molecular flexibility index (Phi) is 8.37. The summed E-state index contributed by atoms with van der Waals surface area (Å²) in [5.74, 6) is 1.29. The molecule has 2 aliphatic heterocycles. The van der Waals surface area contributed by atoms with Crippen LogP contribution < -0.4 is 0 Å². The summed E-state index contributed by atoms with van der Waals surface area (Å²) < 4.78 is 18.9. The minimum atomic E-state index is -1.51. The van der Waals surface area contributed by atoms with Gasteiger partial charge in [-0.2, -0.15) is 0 Å². The number of aliphatic hydroxyl groups excluding tert-OH is 5. The largest absolute Gasteiger partial charge is 0.394 e. The van der Waals surface area contributed by atoms with E-state index in [1.54, 1.807) is 0 Å². The SMILES string of the molecule is C[C@H](C/C=C/C(C)(C)O)C1CC[C@@]2(C)C3C=CC45OC(O)C3(CC[C@]12C)C4CC[C@H](OC1O[C@H](CO)[C@@H](O)[C@@H](O)[C@H]1O)C5(C)C. The predicted octanol–water partition coefficient (Wildman–Crippen LogP) is 3.44. The second kappa shape index (κ2) is 11.1. The first-order chi connectivity index (χ1) is 20.9. The fraction of sp³-hybridized carbons (Fsp3) is 0.889. The summed E-state index contributed by atoms with van der Waals surface area (Å²) in [4.78, 5) is 0. The zero-order valence-electron chi connectivity index (χ0n) is 28.2. The maximum Gasteiger partial charge on any atom is 0.186 e. The van der Waals surface area contributed by atoms with Crippen LogP contribution in [0.3, 0.4) is 0 Å². The second-order valence-corrected chi connectivity index (χ2v) is 17.1. The van der Waals surface area contributed by atoms with Crippen molar-refractivity contribution < 1.29 is 44.8 Å². The van der Waals surface area contributed by atoms with Gasteiger partial charge in [0.25, 0.3) is 0 Å². The summed E-state index contributed by atoms with van der Waals surface area (Å²) in [6, 6.07) is 0. The van der Waals surface area contributed by atoms with Crippen LogP contribution in [0.4, 0.5) is 0 Å². The zero-order valence-corrected chi connectivity index (χ0v) is 28.2. The molecule has 2 bridgehead atoms. The Balaban J connectivity index is 1.28. The van der Waals surface area contributed by atoms with Crippen molar-refractivity contribution in [2.75, 3.05) is 6.61 Å². The van der Waals surface area contributed by atoms with E-state index in [4.69, 9.17) is 14.2 Å². The summed E-state index contributed by atoms with van der Waals surface area (Å²) in [6.07, 6.45) is 7.14. The Labute approximate surface area is 268 Å². The van der Waals surface area contributed by atoms with E-state index in [2.05, 4.69) is 52.8 Å². The molecule has 6 aliphatic rings. The normalized spacial score (nSPS) is 52.8. The van der Waals surface area contributed by atoms with Gasteiger partial charge in [0.1, 0.15) is 30.0 Å². The third-order valence-electron chi connectivity index (χ3n) is 14.3. The molecule has 2 heterocycles. The van der Waals surface area contributed by atoms with Gasteiger partial charge in [-0.3, -0.25) is 0 Å². The summed E-state index contributed by atoms with van der Waals surface area (Å²) in [5, 5.41) is 63.2. The number of fused-ring (bicyclic) bond motifs is 2. The van der Waals surface area contributed by atoms with Crippen LogP contribution in [0.2, 0.25) is 0 Å². The molecule has 256 valence electrons. The molecular formula is C36H58O9. The lowest BCUT2D eigenvalue weighted by Crippen LogP contribution is -2.66. The maximum absolute atomic E-state index is 12.0. The van der Waals surface area contributed by atoms with Crippen molar-refractivity contribution in [3.05, 3.63) is 24.3 Å². The molecule has 9 nitrogen and oxygen atoms in total. The van der Waals surface area contributed by atoms with Gasteiger partial charge in [-0.05, 0) is 87.4 Å².